The Morgan fingerprint density at radius 1 is 1.11 bits per heavy atom. The lowest BCUT2D eigenvalue weighted by atomic mass is 10.2. The van der Waals surface area contributed by atoms with Gasteiger partial charge in [0.15, 0.2) is 16.6 Å². The molecule has 0 aliphatic rings. The average molecular weight is 284 g/mol. The molecule has 0 aliphatic carbocycles. The van der Waals surface area contributed by atoms with Crippen molar-refractivity contribution < 1.29 is 14.2 Å². The second-order valence-corrected chi connectivity index (χ2v) is 4.20. The zero-order chi connectivity index (χ0) is 14.3. The summed E-state index contributed by atoms with van der Waals surface area (Å²) >= 11 is 5.19. The first-order chi connectivity index (χ1) is 9.15. The van der Waals surface area contributed by atoms with Crippen molar-refractivity contribution in [1.29, 1.82) is 0 Å². The third-order valence-corrected chi connectivity index (χ3v) is 2.70. The number of hydrogen-bond acceptors (Lipinski definition) is 4. The molecule has 5 nitrogen and oxygen atoms in total. The fourth-order valence-corrected chi connectivity index (χ4v) is 1.79. The predicted octanol–water partition coefficient (Wildman–Crippen LogP) is 2.41. The maximum Gasteiger partial charge on any atom is 0.203 e. The van der Waals surface area contributed by atoms with E-state index in [1.165, 1.54) is 0 Å². The van der Waals surface area contributed by atoms with Crippen molar-refractivity contribution in [3.05, 3.63) is 12.1 Å². The number of hydrogen-bond donors (Lipinski definition) is 2. The van der Waals surface area contributed by atoms with Crippen molar-refractivity contribution in [3.8, 4) is 17.2 Å². The van der Waals surface area contributed by atoms with E-state index in [-0.39, 0.29) is 0 Å². The summed E-state index contributed by atoms with van der Waals surface area (Å²) in [6.45, 7) is 2.91. The van der Waals surface area contributed by atoms with E-state index < -0.39 is 0 Å². The lowest BCUT2D eigenvalue weighted by Crippen LogP contribution is -2.28. The molecule has 0 heterocycles. The van der Waals surface area contributed by atoms with Crippen LogP contribution in [-0.4, -0.2) is 33.0 Å². The van der Waals surface area contributed by atoms with Crippen LogP contribution in [0.2, 0.25) is 0 Å². The van der Waals surface area contributed by atoms with E-state index in [1.807, 2.05) is 0 Å². The zero-order valence-electron chi connectivity index (χ0n) is 11.7. The van der Waals surface area contributed by atoms with Crippen LogP contribution < -0.4 is 24.8 Å². The molecule has 0 saturated carbocycles. The van der Waals surface area contributed by atoms with Crippen molar-refractivity contribution in [1.82, 2.24) is 5.32 Å². The molecule has 0 amide bonds. The van der Waals surface area contributed by atoms with E-state index in [2.05, 4.69) is 17.6 Å². The highest BCUT2D eigenvalue weighted by molar-refractivity contribution is 7.80. The van der Waals surface area contributed by atoms with Gasteiger partial charge in [0.2, 0.25) is 5.75 Å². The molecule has 1 aromatic rings. The highest BCUT2D eigenvalue weighted by Gasteiger charge is 2.13. The van der Waals surface area contributed by atoms with Gasteiger partial charge in [0.25, 0.3) is 0 Å². The van der Waals surface area contributed by atoms with Gasteiger partial charge >= 0.3 is 0 Å². The average Bonchev–Trinajstić information content (AvgIpc) is 2.43. The quantitative estimate of drug-likeness (QED) is 0.782. The van der Waals surface area contributed by atoms with E-state index in [1.54, 1.807) is 33.5 Å². The molecule has 6 heteroatoms. The molecule has 0 radical (unpaired) electrons. The Morgan fingerprint density at radius 2 is 1.68 bits per heavy atom. The lowest BCUT2D eigenvalue weighted by molar-refractivity contribution is 0.324. The SMILES string of the molecule is CCCNC(=S)Nc1cc(OC)c(OC)c(OC)c1. The summed E-state index contributed by atoms with van der Waals surface area (Å²) in [5.74, 6) is 1.73. The number of nitrogens with one attached hydrogen (secondary N) is 2. The Balaban J connectivity index is 2.93. The Labute approximate surface area is 119 Å². The van der Waals surface area contributed by atoms with E-state index in [9.17, 15) is 0 Å². The van der Waals surface area contributed by atoms with Crippen LogP contribution in [0.5, 0.6) is 17.2 Å². The van der Waals surface area contributed by atoms with Gasteiger partial charge in [-0.1, -0.05) is 6.92 Å². The maximum absolute atomic E-state index is 5.27. The third-order valence-electron chi connectivity index (χ3n) is 2.46. The summed E-state index contributed by atoms with van der Waals surface area (Å²) in [6.07, 6.45) is 1.01. The van der Waals surface area contributed by atoms with Gasteiger partial charge in [-0.25, -0.2) is 0 Å². The highest BCUT2D eigenvalue weighted by atomic mass is 32.1. The smallest absolute Gasteiger partial charge is 0.203 e. The van der Waals surface area contributed by atoms with Gasteiger partial charge in [-0.15, -0.1) is 0 Å². The Hall–Kier alpha value is -1.69. The molecule has 0 aromatic heterocycles. The van der Waals surface area contributed by atoms with Crippen LogP contribution in [0.15, 0.2) is 12.1 Å². The second-order valence-electron chi connectivity index (χ2n) is 3.79. The summed E-state index contributed by atoms with van der Waals surface area (Å²) in [6, 6.07) is 3.61. The van der Waals surface area contributed by atoms with E-state index in [0.717, 1.165) is 18.7 Å². The normalized spacial score (nSPS) is 9.68. The number of methoxy groups -OCH3 is 3. The van der Waals surface area contributed by atoms with Gasteiger partial charge in [-0.05, 0) is 18.6 Å². The van der Waals surface area contributed by atoms with E-state index in [4.69, 9.17) is 26.4 Å². The van der Waals surface area contributed by atoms with Crippen LogP contribution in [0.25, 0.3) is 0 Å². The molecule has 0 fully saturated rings. The standard InChI is InChI=1S/C13H20N2O3S/c1-5-6-14-13(19)15-9-7-10(16-2)12(18-4)11(8-9)17-3/h7-8H,5-6H2,1-4H3,(H2,14,15,19). The molecule has 2 N–H and O–H groups in total. The topological polar surface area (TPSA) is 51.8 Å². The van der Waals surface area contributed by atoms with Crippen molar-refractivity contribution in [2.24, 2.45) is 0 Å². The fraction of sp³-hybridized carbons (Fsp3) is 0.462. The number of rotatable bonds is 6. The lowest BCUT2D eigenvalue weighted by Gasteiger charge is -2.15. The van der Waals surface area contributed by atoms with Crippen LogP contribution in [-0.2, 0) is 0 Å². The van der Waals surface area contributed by atoms with E-state index >= 15 is 0 Å². The van der Waals surface area contributed by atoms with Crippen LogP contribution in [0.4, 0.5) is 5.69 Å². The van der Waals surface area contributed by atoms with Crippen molar-refractivity contribution in [3.63, 3.8) is 0 Å². The summed E-state index contributed by atoms with van der Waals surface area (Å²) in [5, 5.41) is 6.74. The van der Waals surface area contributed by atoms with Gasteiger partial charge in [-0.3, -0.25) is 0 Å². The molecule has 0 aliphatic heterocycles. The monoisotopic (exact) mass is 284 g/mol. The predicted molar refractivity (Wildman–Crippen MR) is 80.6 cm³/mol. The molecule has 0 saturated heterocycles. The molecule has 0 spiro atoms. The molecule has 0 bridgehead atoms. The third kappa shape index (κ3) is 4.17. The van der Waals surface area contributed by atoms with Crippen LogP contribution in [0, 0.1) is 0 Å². The number of thiocarbonyl (C=S) groups is 1. The Bertz CT molecular complexity index is 413. The molecule has 106 valence electrons. The summed E-state index contributed by atoms with van der Waals surface area (Å²) < 4.78 is 15.8. The first-order valence-corrected chi connectivity index (χ1v) is 6.41. The largest absolute Gasteiger partial charge is 0.493 e. The van der Waals surface area contributed by atoms with Gasteiger partial charge in [0, 0.05) is 24.4 Å². The molecular formula is C13H20N2O3S. The van der Waals surface area contributed by atoms with Gasteiger partial charge in [0.05, 0.1) is 21.3 Å². The number of benzene rings is 1. The summed E-state index contributed by atoms with van der Waals surface area (Å²) in [5.41, 5.74) is 0.781. The van der Waals surface area contributed by atoms with Crippen LogP contribution in [0.3, 0.4) is 0 Å². The molecule has 1 aromatic carbocycles. The molecule has 19 heavy (non-hydrogen) atoms. The maximum atomic E-state index is 5.27. The van der Waals surface area contributed by atoms with Gasteiger partial charge in [-0.2, -0.15) is 0 Å². The fourth-order valence-electron chi connectivity index (χ4n) is 1.57. The second kappa shape index (κ2) is 7.68. The minimum Gasteiger partial charge on any atom is -0.493 e. The van der Waals surface area contributed by atoms with Crippen molar-refractivity contribution >= 4 is 23.0 Å². The highest BCUT2D eigenvalue weighted by Crippen LogP contribution is 2.39. The molecule has 0 atom stereocenters. The minimum atomic E-state index is 0.558. The Kier molecular flexibility index (Phi) is 6.21. The summed E-state index contributed by atoms with van der Waals surface area (Å²) in [4.78, 5) is 0. The van der Waals surface area contributed by atoms with Crippen molar-refractivity contribution in [2.45, 2.75) is 13.3 Å². The van der Waals surface area contributed by atoms with Crippen LogP contribution >= 0.6 is 12.2 Å². The van der Waals surface area contributed by atoms with E-state index in [0.29, 0.717) is 22.4 Å². The zero-order valence-corrected chi connectivity index (χ0v) is 12.5. The van der Waals surface area contributed by atoms with Gasteiger partial charge < -0.3 is 24.8 Å². The molecular weight excluding hydrogens is 264 g/mol. The molecule has 0 unspecified atom stereocenters. The molecule has 1 rings (SSSR count). The van der Waals surface area contributed by atoms with Crippen molar-refractivity contribution in [2.75, 3.05) is 33.2 Å². The minimum absolute atomic E-state index is 0.558. The number of anilines is 1. The first kappa shape index (κ1) is 15.4. The Morgan fingerprint density at radius 3 is 2.11 bits per heavy atom. The summed E-state index contributed by atoms with van der Waals surface area (Å²) in [7, 11) is 4.73. The van der Waals surface area contributed by atoms with Gasteiger partial charge in [0.1, 0.15) is 0 Å². The number of ether oxygens (including phenoxy) is 3. The van der Waals surface area contributed by atoms with Crippen LogP contribution in [0.1, 0.15) is 13.3 Å². The first-order valence-electron chi connectivity index (χ1n) is 6.01.